The molecule has 2 rings (SSSR count). The summed E-state index contributed by atoms with van der Waals surface area (Å²) in [6, 6.07) is 4.22. The standard InChI is InChI=1S/C14H20N2O4S/c1-10-8-12(21(15,18)19)5-6-13(10)14(17)16-9-11-4-2-3-7-20-11/h5-6,8,11H,2-4,7,9H2,1H3,(H,16,17)(H2,15,18,19). The molecule has 0 spiro atoms. The van der Waals surface area contributed by atoms with E-state index >= 15 is 0 Å². The van der Waals surface area contributed by atoms with E-state index in [1.165, 1.54) is 18.2 Å². The summed E-state index contributed by atoms with van der Waals surface area (Å²) in [5, 5.41) is 7.89. The molecule has 1 aromatic rings. The largest absolute Gasteiger partial charge is 0.376 e. The van der Waals surface area contributed by atoms with Crippen molar-refractivity contribution in [3.8, 4) is 0 Å². The molecule has 1 amide bonds. The van der Waals surface area contributed by atoms with Crippen molar-refractivity contribution in [1.82, 2.24) is 5.32 Å². The minimum atomic E-state index is -3.75. The Morgan fingerprint density at radius 1 is 1.43 bits per heavy atom. The lowest BCUT2D eigenvalue weighted by molar-refractivity contribution is 0.0169. The van der Waals surface area contributed by atoms with Crippen LogP contribution in [0.1, 0.15) is 35.2 Å². The summed E-state index contributed by atoms with van der Waals surface area (Å²) < 4.78 is 28.1. The van der Waals surface area contributed by atoms with Gasteiger partial charge in [-0.05, 0) is 49.9 Å². The first-order chi connectivity index (χ1) is 9.88. The van der Waals surface area contributed by atoms with Crippen LogP contribution in [0.4, 0.5) is 0 Å². The summed E-state index contributed by atoms with van der Waals surface area (Å²) in [7, 11) is -3.75. The molecule has 0 aromatic heterocycles. The van der Waals surface area contributed by atoms with Crippen LogP contribution >= 0.6 is 0 Å². The number of hydrogen-bond donors (Lipinski definition) is 2. The Kier molecular flexibility index (Phi) is 4.97. The predicted octanol–water partition coefficient (Wildman–Crippen LogP) is 0.941. The highest BCUT2D eigenvalue weighted by atomic mass is 32.2. The van der Waals surface area contributed by atoms with Gasteiger partial charge in [0.1, 0.15) is 0 Å². The van der Waals surface area contributed by atoms with Crippen molar-refractivity contribution in [2.45, 2.75) is 37.2 Å². The molecule has 6 nitrogen and oxygen atoms in total. The first-order valence-corrected chi connectivity index (χ1v) is 8.46. The summed E-state index contributed by atoms with van der Waals surface area (Å²) in [5.74, 6) is -0.234. The SMILES string of the molecule is Cc1cc(S(N)(=O)=O)ccc1C(=O)NCC1CCCCO1. The van der Waals surface area contributed by atoms with Crippen LogP contribution in [-0.2, 0) is 14.8 Å². The number of carbonyl (C=O) groups is 1. The van der Waals surface area contributed by atoms with Crippen LogP contribution in [0.5, 0.6) is 0 Å². The fourth-order valence-corrected chi connectivity index (χ4v) is 2.94. The summed E-state index contributed by atoms with van der Waals surface area (Å²) >= 11 is 0. The Morgan fingerprint density at radius 3 is 2.76 bits per heavy atom. The highest BCUT2D eigenvalue weighted by Gasteiger charge is 2.17. The summed E-state index contributed by atoms with van der Waals surface area (Å²) in [5.41, 5.74) is 1.02. The van der Waals surface area contributed by atoms with Gasteiger partial charge in [-0.15, -0.1) is 0 Å². The molecule has 1 saturated heterocycles. The van der Waals surface area contributed by atoms with E-state index in [9.17, 15) is 13.2 Å². The van der Waals surface area contributed by atoms with E-state index in [2.05, 4.69) is 5.32 Å². The second kappa shape index (κ2) is 6.55. The number of ether oxygens (including phenoxy) is 1. The minimum Gasteiger partial charge on any atom is -0.376 e. The van der Waals surface area contributed by atoms with Crippen LogP contribution in [0.25, 0.3) is 0 Å². The topological polar surface area (TPSA) is 98.5 Å². The lowest BCUT2D eigenvalue weighted by atomic mass is 10.1. The van der Waals surface area contributed by atoms with Gasteiger partial charge in [0.25, 0.3) is 5.91 Å². The quantitative estimate of drug-likeness (QED) is 0.864. The Morgan fingerprint density at radius 2 is 2.19 bits per heavy atom. The third kappa shape index (κ3) is 4.26. The number of hydrogen-bond acceptors (Lipinski definition) is 4. The van der Waals surface area contributed by atoms with Crippen molar-refractivity contribution in [3.05, 3.63) is 29.3 Å². The molecule has 0 aliphatic carbocycles. The number of aryl methyl sites for hydroxylation is 1. The summed E-state index contributed by atoms with van der Waals surface area (Å²) in [6.45, 7) is 2.89. The normalized spacial score (nSPS) is 19.2. The molecule has 1 unspecified atom stereocenters. The van der Waals surface area contributed by atoms with Crippen LogP contribution in [-0.4, -0.2) is 33.6 Å². The summed E-state index contributed by atoms with van der Waals surface area (Å²) in [6.07, 6.45) is 3.19. The van der Waals surface area contributed by atoms with E-state index in [4.69, 9.17) is 9.88 Å². The molecule has 116 valence electrons. The second-order valence-electron chi connectivity index (χ2n) is 5.22. The third-order valence-electron chi connectivity index (χ3n) is 3.54. The Bertz CT molecular complexity index is 622. The van der Waals surface area contributed by atoms with Gasteiger partial charge in [0, 0.05) is 18.7 Å². The number of nitrogens with two attached hydrogens (primary N) is 1. The van der Waals surface area contributed by atoms with Crippen molar-refractivity contribution in [3.63, 3.8) is 0 Å². The smallest absolute Gasteiger partial charge is 0.251 e. The molecular weight excluding hydrogens is 292 g/mol. The Labute approximate surface area is 124 Å². The van der Waals surface area contributed by atoms with Crippen molar-refractivity contribution in [1.29, 1.82) is 0 Å². The van der Waals surface area contributed by atoms with Crippen LogP contribution in [0.15, 0.2) is 23.1 Å². The number of carbonyl (C=O) groups excluding carboxylic acids is 1. The van der Waals surface area contributed by atoms with Crippen LogP contribution in [0.2, 0.25) is 0 Å². The average Bonchev–Trinajstić information content (AvgIpc) is 2.45. The van der Waals surface area contributed by atoms with E-state index in [1.54, 1.807) is 6.92 Å². The van der Waals surface area contributed by atoms with Gasteiger partial charge in [-0.25, -0.2) is 13.6 Å². The van der Waals surface area contributed by atoms with Crippen LogP contribution in [0.3, 0.4) is 0 Å². The second-order valence-corrected chi connectivity index (χ2v) is 6.78. The van der Waals surface area contributed by atoms with Gasteiger partial charge in [-0.2, -0.15) is 0 Å². The van der Waals surface area contributed by atoms with E-state index < -0.39 is 10.0 Å². The molecule has 1 aliphatic rings. The van der Waals surface area contributed by atoms with E-state index in [0.29, 0.717) is 17.7 Å². The van der Waals surface area contributed by atoms with Gasteiger partial charge in [0.15, 0.2) is 0 Å². The Balaban J connectivity index is 2.02. The van der Waals surface area contributed by atoms with E-state index in [0.717, 1.165) is 25.9 Å². The zero-order valence-corrected chi connectivity index (χ0v) is 12.8. The monoisotopic (exact) mass is 312 g/mol. The lowest BCUT2D eigenvalue weighted by Crippen LogP contribution is -2.35. The number of sulfonamides is 1. The highest BCUT2D eigenvalue weighted by Crippen LogP contribution is 2.15. The maximum absolute atomic E-state index is 12.1. The fourth-order valence-electron chi connectivity index (χ4n) is 2.34. The molecule has 1 atom stereocenters. The molecule has 7 heteroatoms. The molecule has 0 saturated carbocycles. The van der Waals surface area contributed by atoms with Gasteiger partial charge < -0.3 is 10.1 Å². The Hall–Kier alpha value is -1.44. The fraction of sp³-hybridized carbons (Fsp3) is 0.500. The number of nitrogens with one attached hydrogen (secondary N) is 1. The zero-order chi connectivity index (χ0) is 15.5. The van der Waals surface area contributed by atoms with Gasteiger partial charge in [-0.3, -0.25) is 4.79 Å². The van der Waals surface area contributed by atoms with Gasteiger partial charge in [0.2, 0.25) is 10.0 Å². The van der Waals surface area contributed by atoms with Crippen molar-refractivity contribution < 1.29 is 17.9 Å². The molecule has 0 radical (unpaired) electrons. The zero-order valence-electron chi connectivity index (χ0n) is 12.0. The maximum Gasteiger partial charge on any atom is 0.251 e. The van der Waals surface area contributed by atoms with Gasteiger partial charge >= 0.3 is 0 Å². The van der Waals surface area contributed by atoms with E-state index in [1.807, 2.05) is 0 Å². The molecule has 0 bridgehead atoms. The summed E-state index contributed by atoms with van der Waals surface area (Å²) in [4.78, 5) is 12.1. The first kappa shape index (κ1) is 15.9. The molecule has 21 heavy (non-hydrogen) atoms. The molecular formula is C14H20N2O4S. The molecule has 1 heterocycles. The number of primary sulfonamides is 1. The predicted molar refractivity (Wildman–Crippen MR) is 78.5 cm³/mol. The van der Waals surface area contributed by atoms with Crippen molar-refractivity contribution in [2.75, 3.05) is 13.2 Å². The van der Waals surface area contributed by atoms with Crippen LogP contribution < -0.4 is 10.5 Å². The minimum absolute atomic E-state index is 0.00663. The number of rotatable bonds is 4. The molecule has 1 aliphatic heterocycles. The van der Waals surface area contributed by atoms with Crippen molar-refractivity contribution in [2.24, 2.45) is 5.14 Å². The number of amides is 1. The third-order valence-corrected chi connectivity index (χ3v) is 4.45. The highest BCUT2D eigenvalue weighted by molar-refractivity contribution is 7.89. The van der Waals surface area contributed by atoms with E-state index in [-0.39, 0.29) is 16.9 Å². The average molecular weight is 312 g/mol. The molecule has 1 fully saturated rings. The van der Waals surface area contributed by atoms with Crippen LogP contribution in [0, 0.1) is 6.92 Å². The molecule has 1 aromatic carbocycles. The molecule has 3 N–H and O–H groups in total. The maximum atomic E-state index is 12.1. The first-order valence-electron chi connectivity index (χ1n) is 6.91. The lowest BCUT2D eigenvalue weighted by Gasteiger charge is -2.22. The van der Waals surface area contributed by atoms with Crippen molar-refractivity contribution >= 4 is 15.9 Å². The van der Waals surface area contributed by atoms with Gasteiger partial charge in [0.05, 0.1) is 11.0 Å². The van der Waals surface area contributed by atoms with Gasteiger partial charge in [-0.1, -0.05) is 0 Å². The number of benzene rings is 1.